The van der Waals surface area contributed by atoms with Gasteiger partial charge in [-0.25, -0.2) is 19.9 Å². The molecule has 11 heterocycles. The fourth-order valence-electron chi connectivity index (χ4n) is 14.2. The number of oxazole rings is 4. The van der Waals surface area contributed by atoms with Crippen molar-refractivity contribution in [1.82, 2.24) is 75.0 Å². The Kier molecular flexibility index (Phi) is 33.3. The molecular weight excluding hydrogens is 1700 g/mol. The Labute approximate surface area is 738 Å². The van der Waals surface area contributed by atoms with E-state index < -0.39 is 0 Å². The zero-order chi connectivity index (χ0) is 85.6. The molecule has 3 aliphatic rings. The maximum atomic E-state index is 12.5. The van der Waals surface area contributed by atoms with Crippen molar-refractivity contribution in [2.24, 2.45) is 0 Å². The van der Waals surface area contributed by atoms with Crippen molar-refractivity contribution < 1.29 is 41.6 Å². The number of nitrogens with one attached hydrogen (secondary N) is 2. The van der Waals surface area contributed by atoms with Crippen LogP contribution in [-0.2, 0) is 45.3 Å². The largest absolute Gasteiger partial charge is 0.470 e. The predicted molar refractivity (Wildman–Crippen MR) is 481 cm³/mol. The minimum atomic E-state index is -0.212. The fraction of sp³-hybridized carbons (Fsp3) is 0.388. The van der Waals surface area contributed by atoms with Gasteiger partial charge in [-0.3, -0.25) is 33.9 Å². The summed E-state index contributed by atoms with van der Waals surface area (Å²) in [5.74, 6) is -0.793. The lowest BCUT2D eigenvalue weighted by atomic mass is 10.0. The van der Waals surface area contributed by atoms with E-state index in [-0.39, 0.29) is 95.7 Å². The SMILES string of the molecule is CCN(CC)CCCOc1ncc(-c2ccc(Cl)c(CC(=O)c3coc(N)n3)c2)s1.CN(C)C1CCN(Cc2csc(-c3ccc(Cl)c(CC(=O)c4coc(N)n4)c3)n2)CC1.CNC1CCCN(Cc2csc(-c3ccc(Cl)c(CC(=O)c4coc(N)n4)c3)n2)C1.CNC1CCCN(Cc2ncc(-c3ccc(Cl)c(CC(=O)c4coc(N)n4)c3)s2)C1. The molecule has 8 aromatic heterocycles. The number of aromatic nitrogens is 8. The van der Waals surface area contributed by atoms with Crippen LogP contribution in [0.25, 0.3) is 42.0 Å². The first-order valence-corrected chi connectivity index (χ1v) is 44.8. The number of benzene rings is 4. The van der Waals surface area contributed by atoms with Gasteiger partial charge < -0.3 is 65.8 Å². The van der Waals surface area contributed by atoms with Crippen LogP contribution in [-0.4, -0.2) is 199 Å². The minimum absolute atomic E-state index is 0.0230. The van der Waals surface area contributed by atoms with Crippen molar-refractivity contribution >= 4 is 139 Å². The van der Waals surface area contributed by atoms with Gasteiger partial charge in [-0.1, -0.05) is 95.9 Å². The topological polar surface area (TPSA) is 378 Å². The first-order chi connectivity index (χ1) is 58.4. The van der Waals surface area contributed by atoms with Gasteiger partial charge in [0.1, 0.15) is 62.9 Å². The number of halogens is 4. The van der Waals surface area contributed by atoms with Crippen LogP contribution in [0.5, 0.6) is 5.19 Å². The molecule has 2 unspecified atom stereocenters. The van der Waals surface area contributed by atoms with Crippen molar-refractivity contribution in [2.75, 3.05) is 117 Å². The summed E-state index contributed by atoms with van der Waals surface area (Å²) in [6, 6.07) is 24.3. The summed E-state index contributed by atoms with van der Waals surface area (Å²) in [5.41, 5.74) is 31.5. The van der Waals surface area contributed by atoms with Crippen LogP contribution in [0.4, 0.5) is 24.1 Å². The van der Waals surface area contributed by atoms with E-state index in [0.29, 0.717) is 55.6 Å². The molecule has 15 rings (SSSR count). The summed E-state index contributed by atoms with van der Waals surface area (Å²) < 4.78 is 25.5. The molecular formula is C85H99Cl4N19O9S4. The number of ketones is 4. The van der Waals surface area contributed by atoms with Crippen LogP contribution >= 0.6 is 91.8 Å². The number of Topliss-reactive ketones (excluding diaryl/α,β-unsaturated/α-hetero) is 4. The first-order valence-electron chi connectivity index (χ1n) is 39.9. The van der Waals surface area contributed by atoms with Gasteiger partial charge in [0, 0.05) is 144 Å². The third kappa shape index (κ3) is 26.2. The smallest absolute Gasteiger partial charge is 0.292 e. The highest BCUT2D eigenvalue weighted by Gasteiger charge is 2.27. The number of carbonyl (C=O) groups excluding carboxylic acids is 4. The van der Waals surface area contributed by atoms with Gasteiger partial charge in [0.2, 0.25) is 0 Å². The third-order valence-electron chi connectivity index (χ3n) is 21.0. The van der Waals surface area contributed by atoms with Crippen LogP contribution in [0, 0.1) is 0 Å². The average Bonchev–Trinajstić information content (AvgIpc) is 1.75. The second-order valence-corrected chi connectivity index (χ2v) is 35.2. The number of piperidine rings is 3. The number of thiazole rings is 4. The van der Waals surface area contributed by atoms with E-state index in [4.69, 9.17) is 102 Å². The summed E-state index contributed by atoms with van der Waals surface area (Å²) in [4.78, 5) is 98.0. The number of hydrogen-bond acceptors (Lipinski definition) is 32. The lowest BCUT2D eigenvalue weighted by Crippen LogP contribution is -2.43. The van der Waals surface area contributed by atoms with Gasteiger partial charge in [0.15, 0.2) is 23.1 Å². The summed E-state index contributed by atoms with van der Waals surface area (Å²) in [6.07, 6.45) is 17.4. The van der Waals surface area contributed by atoms with E-state index in [1.54, 1.807) is 52.3 Å². The van der Waals surface area contributed by atoms with Gasteiger partial charge in [0.25, 0.3) is 29.3 Å². The molecule has 36 heteroatoms. The van der Waals surface area contributed by atoms with E-state index in [0.717, 1.165) is 160 Å². The Hall–Kier alpha value is -9.20. The summed E-state index contributed by atoms with van der Waals surface area (Å²) >= 11 is 31.7. The number of likely N-dealkylation sites (tertiary alicyclic amines) is 3. The maximum absolute atomic E-state index is 12.5. The molecule has 3 saturated heterocycles. The van der Waals surface area contributed by atoms with Crippen molar-refractivity contribution in [3.8, 4) is 47.2 Å². The summed E-state index contributed by atoms with van der Waals surface area (Å²) in [5, 5.41) is 16.7. The van der Waals surface area contributed by atoms with Gasteiger partial charge in [-0.2, -0.15) is 19.9 Å². The van der Waals surface area contributed by atoms with Crippen LogP contribution in [0.15, 0.2) is 139 Å². The van der Waals surface area contributed by atoms with Crippen molar-refractivity contribution in [1.29, 1.82) is 0 Å². The number of rotatable bonds is 32. The van der Waals surface area contributed by atoms with Crippen LogP contribution in [0.2, 0.25) is 20.1 Å². The highest BCUT2D eigenvalue weighted by atomic mass is 35.5. The zero-order valence-electron chi connectivity index (χ0n) is 68.2. The normalized spacial score (nSPS) is 15.4. The number of nitrogens with two attached hydrogens (primary N) is 4. The molecule has 10 N–H and O–H groups in total. The Bertz CT molecular complexity index is 5250. The monoisotopic (exact) mass is 1800 g/mol. The molecule has 0 aliphatic carbocycles. The van der Waals surface area contributed by atoms with Crippen LogP contribution in [0.1, 0.15) is 139 Å². The standard InChI is InChI=1S/C22H26ClN5O2S.2C21H24ClN5O2S.C21H25ClN4O3S/c1-27(2)17-5-7-28(8-6-17)11-16-13-31-21(25-16)14-3-4-18(23)15(9-14)10-20(29)19-12-30-22(24)26-19;1-24-15-3-2-6-27(10-15)11-20-25-9-19(30-20)13-4-5-16(22)14(7-13)8-18(28)17-12-29-21(23)26-17;1-24-15-3-2-6-27(9-15)10-16-12-30-20(25-16)13-4-5-17(22)14(7-13)8-19(28)18-11-29-21(23)26-18;1-3-26(4-2)8-5-9-28-21-24-12-19(30-21)14-6-7-16(22)15(10-14)11-18(27)17-13-29-20(23)25-17/h3-4,9,12-13,17H,5-8,10-11H2,1-2H3,(H2,24,26);4-5,7,9,12,15,24H,2-3,6,8,10-11H2,1H3,(H2,23,26);4-5,7,11-12,15,24H,2-3,6,8-10H2,1H3,(H2,23,26);6-7,10,12-13H,3-5,8-9,11H2,1-2H3,(H2,23,25). The first kappa shape index (κ1) is 91.0. The number of ether oxygens (including phenoxy) is 1. The van der Waals surface area contributed by atoms with E-state index in [9.17, 15) is 19.2 Å². The van der Waals surface area contributed by atoms with E-state index in [1.807, 2.05) is 81.0 Å². The molecule has 640 valence electrons. The maximum Gasteiger partial charge on any atom is 0.292 e. The molecule has 4 aromatic carbocycles. The van der Waals surface area contributed by atoms with Gasteiger partial charge >= 0.3 is 0 Å². The van der Waals surface area contributed by atoms with Gasteiger partial charge in [-0.15, -0.1) is 34.0 Å². The highest BCUT2D eigenvalue weighted by Crippen LogP contribution is 2.37. The van der Waals surface area contributed by atoms with Gasteiger partial charge in [0.05, 0.1) is 34.3 Å². The minimum Gasteiger partial charge on any atom is -0.470 e. The quantitative estimate of drug-likeness (QED) is 0.0168. The molecule has 3 aliphatic heterocycles. The van der Waals surface area contributed by atoms with Gasteiger partial charge in [-0.05, 0) is 181 Å². The molecule has 3 fully saturated rings. The summed E-state index contributed by atoms with van der Waals surface area (Å²) in [7, 11) is 8.36. The van der Waals surface area contributed by atoms with Crippen molar-refractivity contribution in [3.05, 3.63) is 203 Å². The molecule has 0 bridgehead atoms. The summed E-state index contributed by atoms with van der Waals surface area (Å²) in [6.45, 7) is 17.1. The van der Waals surface area contributed by atoms with Crippen LogP contribution < -0.4 is 38.3 Å². The Morgan fingerprint density at radius 2 is 0.893 bits per heavy atom. The molecule has 0 saturated carbocycles. The van der Waals surface area contributed by atoms with Crippen LogP contribution in [0.3, 0.4) is 0 Å². The molecule has 2 atom stereocenters. The molecule has 0 spiro atoms. The predicted octanol–water partition coefficient (Wildman–Crippen LogP) is 15.8. The van der Waals surface area contributed by atoms with E-state index in [2.05, 4.69) is 104 Å². The van der Waals surface area contributed by atoms with E-state index in [1.165, 1.54) is 74.9 Å². The molecule has 12 aromatic rings. The second kappa shape index (κ2) is 44.2. The number of nitrogen functional groups attached to an aromatic ring is 4. The molecule has 121 heavy (non-hydrogen) atoms. The molecule has 0 amide bonds. The number of hydrogen-bond donors (Lipinski definition) is 6. The van der Waals surface area contributed by atoms with E-state index >= 15 is 0 Å². The fourth-order valence-corrected chi connectivity index (χ4v) is 18.3. The van der Waals surface area contributed by atoms with Crippen molar-refractivity contribution in [2.45, 2.75) is 122 Å². The Morgan fingerprint density at radius 1 is 0.504 bits per heavy atom. The number of anilines is 4. The Morgan fingerprint density at radius 3 is 1.29 bits per heavy atom. The lowest BCUT2D eigenvalue weighted by molar-refractivity contribution is 0.0980. The number of likely N-dealkylation sites (N-methyl/N-ethyl adjacent to an activating group) is 2. The molecule has 0 radical (unpaired) electrons. The molecule has 28 nitrogen and oxygen atoms in total. The average molecular weight is 1800 g/mol. The number of nitrogens with zero attached hydrogens (tertiary/aromatic N) is 13. The third-order valence-corrected chi connectivity index (χ3v) is 26.4. The lowest BCUT2D eigenvalue weighted by Gasteiger charge is -2.34. The second-order valence-electron chi connectivity index (χ2n) is 29.7. The highest BCUT2D eigenvalue weighted by molar-refractivity contribution is 7.17. The number of carbonyl (C=O) groups is 4. The zero-order valence-corrected chi connectivity index (χ0v) is 74.5. The Balaban J connectivity index is 0.000000148. The van der Waals surface area contributed by atoms with Crippen molar-refractivity contribution in [3.63, 3.8) is 0 Å².